The third-order valence-electron chi connectivity index (χ3n) is 4.19. The molecule has 1 aromatic rings. The lowest BCUT2D eigenvalue weighted by Gasteiger charge is -2.24. The van der Waals surface area contributed by atoms with Crippen LogP contribution in [0.5, 0.6) is 0 Å². The van der Waals surface area contributed by atoms with Crippen LogP contribution in [0.4, 0.5) is 0 Å². The lowest BCUT2D eigenvalue weighted by molar-refractivity contribution is -0.191. The Hall–Kier alpha value is -2.49. The van der Waals surface area contributed by atoms with Crippen molar-refractivity contribution in [1.82, 2.24) is 10.4 Å². The molecular weight excluding hydrogens is 392 g/mol. The van der Waals surface area contributed by atoms with Crippen LogP contribution in [0.25, 0.3) is 0 Å². The number of nitrogens with zero attached hydrogens (tertiary/aromatic N) is 1. The Morgan fingerprint density at radius 3 is 2.37 bits per heavy atom. The first-order chi connectivity index (χ1) is 14.3. The normalized spacial score (nSPS) is 13.8. The minimum absolute atomic E-state index is 0.209. The van der Waals surface area contributed by atoms with Crippen LogP contribution in [0.2, 0.25) is 0 Å². The highest BCUT2D eigenvalue weighted by Gasteiger charge is 2.28. The first-order valence-electron chi connectivity index (χ1n) is 10.1. The van der Waals surface area contributed by atoms with Crippen molar-refractivity contribution in [2.45, 2.75) is 58.9 Å². The summed E-state index contributed by atoms with van der Waals surface area (Å²) in [5.74, 6) is -2.07. The Kier molecular flexibility index (Phi) is 11.7. The molecule has 0 saturated carbocycles. The molecule has 0 saturated heterocycles. The zero-order valence-corrected chi connectivity index (χ0v) is 18.0. The van der Waals surface area contributed by atoms with Crippen molar-refractivity contribution in [2.75, 3.05) is 19.8 Å². The lowest BCUT2D eigenvalue weighted by Crippen LogP contribution is -2.51. The van der Waals surface area contributed by atoms with Gasteiger partial charge in [-0.05, 0) is 46.1 Å². The molecule has 1 aromatic carbocycles. The lowest BCUT2D eigenvalue weighted by atomic mass is 10.0. The number of benzene rings is 1. The number of ether oxygens (including phenoxy) is 3. The molecule has 9 heteroatoms. The zero-order chi connectivity index (χ0) is 22.5. The van der Waals surface area contributed by atoms with E-state index in [9.17, 15) is 19.6 Å². The monoisotopic (exact) mass is 424 g/mol. The van der Waals surface area contributed by atoms with Gasteiger partial charge in [-0.15, -0.1) is 0 Å². The van der Waals surface area contributed by atoms with E-state index in [1.807, 2.05) is 30.3 Å². The molecule has 0 aliphatic rings. The summed E-state index contributed by atoms with van der Waals surface area (Å²) in [6.07, 6.45) is 0.218. The molecule has 1 unspecified atom stereocenters. The van der Waals surface area contributed by atoms with Crippen molar-refractivity contribution < 1.29 is 33.8 Å². The second kappa shape index (κ2) is 13.7. The van der Waals surface area contributed by atoms with Crippen LogP contribution < -0.4 is 5.32 Å². The first kappa shape index (κ1) is 25.5. The fourth-order valence-electron chi connectivity index (χ4n) is 2.76. The Morgan fingerprint density at radius 1 is 1.10 bits per heavy atom. The summed E-state index contributed by atoms with van der Waals surface area (Å²) < 4.78 is 15.1. The van der Waals surface area contributed by atoms with Crippen molar-refractivity contribution >= 4 is 17.8 Å². The predicted molar refractivity (Wildman–Crippen MR) is 108 cm³/mol. The van der Waals surface area contributed by atoms with Gasteiger partial charge >= 0.3 is 11.9 Å². The molecule has 168 valence electrons. The average Bonchev–Trinajstić information content (AvgIpc) is 2.71. The highest BCUT2D eigenvalue weighted by molar-refractivity contribution is 5.85. The Labute approximate surface area is 177 Å². The number of esters is 2. The maximum absolute atomic E-state index is 12.4. The summed E-state index contributed by atoms with van der Waals surface area (Å²) >= 11 is 0. The third kappa shape index (κ3) is 9.34. The van der Waals surface area contributed by atoms with Crippen LogP contribution in [0.1, 0.15) is 39.7 Å². The molecule has 3 atom stereocenters. The quantitative estimate of drug-likeness (QED) is 0.213. The summed E-state index contributed by atoms with van der Waals surface area (Å²) in [4.78, 5) is 36.5. The average molecular weight is 424 g/mol. The summed E-state index contributed by atoms with van der Waals surface area (Å²) in [6, 6.07) is 7.93. The summed E-state index contributed by atoms with van der Waals surface area (Å²) in [6.45, 7) is 6.38. The fourth-order valence-corrected chi connectivity index (χ4v) is 2.76. The summed E-state index contributed by atoms with van der Waals surface area (Å²) in [5, 5.41) is 13.1. The second-order valence-corrected chi connectivity index (χ2v) is 6.63. The number of aryl methyl sites for hydroxylation is 1. The van der Waals surface area contributed by atoms with Gasteiger partial charge in [-0.1, -0.05) is 30.3 Å². The molecule has 0 fully saturated rings. The second-order valence-electron chi connectivity index (χ2n) is 6.63. The molecule has 0 aliphatic heterocycles. The topological polar surface area (TPSA) is 114 Å². The van der Waals surface area contributed by atoms with Gasteiger partial charge in [-0.3, -0.25) is 20.1 Å². The van der Waals surface area contributed by atoms with Gasteiger partial charge in [-0.25, -0.2) is 9.86 Å². The van der Waals surface area contributed by atoms with E-state index in [1.165, 1.54) is 13.8 Å². The van der Waals surface area contributed by atoms with Crippen LogP contribution >= 0.6 is 0 Å². The molecular formula is C21H32N2O7. The van der Waals surface area contributed by atoms with E-state index in [-0.39, 0.29) is 11.7 Å². The molecule has 0 aromatic heterocycles. The Morgan fingerprint density at radius 2 is 1.77 bits per heavy atom. The predicted octanol–water partition coefficient (Wildman–Crippen LogP) is 1.67. The molecule has 0 spiro atoms. The molecule has 0 heterocycles. The van der Waals surface area contributed by atoms with Gasteiger partial charge in [0.05, 0.1) is 12.6 Å². The standard InChI is InChI=1S/C21H32N2O7/c1-5-28-16(4)30-19(24)14-23(27)20(25)15(3)22-18(21(26)29-6-2)13-12-17-10-8-7-9-11-17/h7-11,15-16,18,22,27H,5-6,12-14H2,1-4H3/t15-,16?,18-/m0/s1. The largest absolute Gasteiger partial charge is 0.465 e. The number of hydroxylamine groups is 2. The van der Waals surface area contributed by atoms with Gasteiger partial charge in [0.15, 0.2) is 6.29 Å². The minimum Gasteiger partial charge on any atom is -0.465 e. The maximum Gasteiger partial charge on any atom is 0.330 e. The van der Waals surface area contributed by atoms with E-state index in [4.69, 9.17) is 14.2 Å². The maximum atomic E-state index is 12.4. The van der Waals surface area contributed by atoms with Crippen molar-refractivity contribution in [3.63, 3.8) is 0 Å². The molecule has 1 amide bonds. The molecule has 0 radical (unpaired) electrons. The Bertz CT molecular complexity index is 669. The number of hydrogen-bond donors (Lipinski definition) is 2. The zero-order valence-electron chi connectivity index (χ0n) is 18.0. The highest BCUT2D eigenvalue weighted by Crippen LogP contribution is 2.08. The van der Waals surface area contributed by atoms with E-state index < -0.39 is 42.8 Å². The number of amides is 1. The minimum atomic E-state index is -0.933. The molecule has 30 heavy (non-hydrogen) atoms. The molecule has 0 bridgehead atoms. The Balaban J connectivity index is 2.64. The van der Waals surface area contributed by atoms with Gasteiger partial charge in [0.2, 0.25) is 0 Å². The van der Waals surface area contributed by atoms with E-state index in [1.54, 1.807) is 13.8 Å². The van der Waals surface area contributed by atoms with Crippen molar-refractivity contribution in [3.8, 4) is 0 Å². The van der Waals surface area contributed by atoms with Gasteiger partial charge in [0.1, 0.15) is 12.6 Å². The highest BCUT2D eigenvalue weighted by atomic mass is 16.7. The van der Waals surface area contributed by atoms with E-state index in [0.717, 1.165) is 5.56 Å². The van der Waals surface area contributed by atoms with Gasteiger partial charge in [0.25, 0.3) is 5.91 Å². The number of carbonyl (C=O) groups is 3. The summed E-state index contributed by atoms with van der Waals surface area (Å²) in [7, 11) is 0. The van der Waals surface area contributed by atoms with Crippen LogP contribution in [-0.2, 0) is 35.0 Å². The van der Waals surface area contributed by atoms with Gasteiger partial charge in [-0.2, -0.15) is 0 Å². The molecule has 1 rings (SSSR count). The number of rotatable bonds is 13. The summed E-state index contributed by atoms with van der Waals surface area (Å²) in [5.41, 5.74) is 1.04. The van der Waals surface area contributed by atoms with Crippen molar-refractivity contribution in [1.29, 1.82) is 0 Å². The number of hydrogen-bond acceptors (Lipinski definition) is 8. The number of carbonyl (C=O) groups excluding carboxylic acids is 3. The van der Waals surface area contributed by atoms with Crippen molar-refractivity contribution in [3.05, 3.63) is 35.9 Å². The SMILES string of the molecule is CCOC(=O)[C@H](CCc1ccccc1)N[C@@H](C)C(=O)N(O)CC(=O)OC(C)OCC. The first-order valence-corrected chi connectivity index (χ1v) is 10.1. The third-order valence-corrected chi connectivity index (χ3v) is 4.19. The van der Waals surface area contributed by atoms with Crippen LogP contribution in [0.15, 0.2) is 30.3 Å². The number of nitrogens with one attached hydrogen (secondary N) is 1. The smallest absolute Gasteiger partial charge is 0.330 e. The van der Waals surface area contributed by atoms with E-state index in [0.29, 0.717) is 19.4 Å². The molecule has 2 N–H and O–H groups in total. The van der Waals surface area contributed by atoms with E-state index in [2.05, 4.69) is 5.32 Å². The van der Waals surface area contributed by atoms with Crippen molar-refractivity contribution in [2.24, 2.45) is 0 Å². The van der Waals surface area contributed by atoms with Gasteiger partial charge < -0.3 is 14.2 Å². The molecule has 0 aliphatic carbocycles. The van der Waals surface area contributed by atoms with Gasteiger partial charge in [0, 0.05) is 6.61 Å². The fraction of sp³-hybridized carbons (Fsp3) is 0.571. The van der Waals surface area contributed by atoms with Crippen LogP contribution in [0, 0.1) is 0 Å². The van der Waals surface area contributed by atoms with E-state index >= 15 is 0 Å². The molecule has 9 nitrogen and oxygen atoms in total. The van der Waals surface area contributed by atoms with Crippen LogP contribution in [0.3, 0.4) is 0 Å². The van der Waals surface area contributed by atoms with Crippen LogP contribution in [-0.4, -0.2) is 66.2 Å².